The first-order valence-electron chi connectivity index (χ1n) is 8.09. The number of nitrogens with one attached hydrogen (secondary N) is 1. The van der Waals surface area contributed by atoms with E-state index in [1.165, 1.54) is 0 Å². The summed E-state index contributed by atoms with van der Waals surface area (Å²) in [5.74, 6) is -1.03. The van der Waals surface area contributed by atoms with Crippen molar-refractivity contribution in [3.8, 4) is 0 Å². The molecule has 1 atom stereocenters. The Morgan fingerprint density at radius 3 is 2.50 bits per heavy atom. The number of rotatable bonds is 3. The lowest BCUT2D eigenvalue weighted by Gasteiger charge is -2.37. The van der Waals surface area contributed by atoms with Crippen LogP contribution >= 0.6 is 0 Å². The van der Waals surface area contributed by atoms with Crippen molar-refractivity contribution in [1.29, 1.82) is 0 Å². The van der Waals surface area contributed by atoms with Gasteiger partial charge in [0.05, 0.1) is 5.41 Å². The molecule has 0 saturated carbocycles. The Balaban J connectivity index is 1.73. The summed E-state index contributed by atoms with van der Waals surface area (Å²) in [6.45, 7) is 3.69. The summed E-state index contributed by atoms with van der Waals surface area (Å²) in [4.78, 5) is 39.0. The summed E-state index contributed by atoms with van der Waals surface area (Å²) in [5.41, 5.74) is 0.366. The van der Waals surface area contributed by atoms with Crippen molar-refractivity contribution in [3.63, 3.8) is 0 Å². The lowest BCUT2D eigenvalue weighted by Crippen LogP contribution is -2.48. The van der Waals surface area contributed by atoms with Gasteiger partial charge in [0, 0.05) is 37.4 Å². The van der Waals surface area contributed by atoms with Crippen LogP contribution in [0.5, 0.6) is 0 Å². The summed E-state index contributed by atoms with van der Waals surface area (Å²) in [5, 5.41) is 12.1. The highest BCUT2D eigenvalue weighted by atomic mass is 16.4. The molecule has 128 valence electrons. The molecule has 2 aliphatic heterocycles. The van der Waals surface area contributed by atoms with Crippen molar-refractivity contribution in [3.05, 3.63) is 29.8 Å². The molecule has 2 heterocycles. The molecule has 1 unspecified atom stereocenters. The standard InChI is InChI=1S/C17H21N3O4/c1-17(15(22)23)7-2-9-19(11-17)14(21)12-3-5-13(6-4-12)20-10-8-18-16(20)24/h3-6H,2,7-11H2,1H3,(H,18,24)(H,22,23). The SMILES string of the molecule is CC1(C(=O)O)CCCN(C(=O)c2ccc(N3CCNC3=O)cc2)C1. The molecule has 1 aromatic carbocycles. The van der Waals surface area contributed by atoms with Crippen molar-refractivity contribution >= 4 is 23.6 Å². The van der Waals surface area contributed by atoms with E-state index in [2.05, 4.69) is 5.32 Å². The average Bonchev–Trinajstić information content (AvgIpc) is 3.00. The van der Waals surface area contributed by atoms with Gasteiger partial charge in [-0.1, -0.05) is 0 Å². The fourth-order valence-electron chi connectivity index (χ4n) is 3.27. The van der Waals surface area contributed by atoms with Crippen molar-refractivity contribution in [2.45, 2.75) is 19.8 Å². The van der Waals surface area contributed by atoms with Gasteiger partial charge >= 0.3 is 12.0 Å². The zero-order valence-electron chi connectivity index (χ0n) is 13.6. The van der Waals surface area contributed by atoms with Crippen LogP contribution < -0.4 is 10.2 Å². The number of amides is 3. The lowest BCUT2D eigenvalue weighted by molar-refractivity contribution is -0.150. The highest BCUT2D eigenvalue weighted by Crippen LogP contribution is 2.30. The second-order valence-electron chi connectivity index (χ2n) is 6.63. The molecule has 2 N–H and O–H groups in total. The minimum atomic E-state index is -0.887. The minimum absolute atomic E-state index is 0.137. The van der Waals surface area contributed by atoms with Gasteiger partial charge < -0.3 is 15.3 Å². The second kappa shape index (κ2) is 6.14. The number of carbonyl (C=O) groups excluding carboxylic acids is 2. The number of carboxylic acids is 1. The molecule has 0 bridgehead atoms. The first-order chi connectivity index (χ1) is 11.4. The topological polar surface area (TPSA) is 89.9 Å². The van der Waals surface area contributed by atoms with Gasteiger partial charge in [0.25, 0.3) is 5.91 Å². The predicted molar refractivity (Wildman–Crippen MR) is 88.1 cm³/mol. The van der Waals surface area contributed by atoms with E-state index >= 15 is 0 Å². The van der Waals surface area contributed by atoms with E-state index in [4.69, 9.17) is 0 Å². The van der Waals surface area contributed by atoms with Crippen molar-refractivity contribution < 1.29 is 19.5 Å². The Morgan fingerprint density at radius 2 is 1.92 bits per heavy atom. The van der Waals surface area contributed by atoms with E-state index in [-0.39, 0.29) is 18.5 Å². The zero-order chi connectivity index (χ0) is 17.3. The van der Waals surface area contributed by atoms with E-state index in [0.29, 0.717) is 38.0 Å². The van der Waals surface area contributed by atoms with Gasteiger partial charge in [0.15, 0.2) is 0 Å². The van der Waals surface area contributed by atoms with Crippen LogP contribution in [0.3, 0.4) is 0 Å². The number of likely N-dealkylation sites (tertiary alicyclic amines) is 1. The fraction of sp³-hybridized carbons (Fsp3) is 0.471. The van der Waals surface area contributed by atoms with Crippen molar-refractivity contribution in [2.75, 3.05) is 31.1 Å². The molecule has 0 aromatic heterocycles. The van der Waals surface area contributed by atoms with Gasteiger partial charge in [0.2, 0.25) is 0 Å². The third-order valence-corrected chi connectivity index (χ3v) is 4.78. The Morgan fingerprint density at radius 1 is 1.21 bits per heavy atom. The van der Waals surface area contributed by atoms with Crippen LogP contribution in [0.25, 0.3) is 0 Å². The largest absolute Gasteiger partial charge is 0.481 e. The van der Waals surface area contributed by atoms with Crippen molar-refractivity contribution in [1.82, 2.24) is 10.2 Å². The summed E-state index contributed by atoms with van der Waals surface area (Å²) < 4.78 is 0. The van der Waals surface area contributed by atoms with Crippen LogP contribution in [0.2, 0.25) is 0 Å². The molecule has 2 aliphatic rings. The minimum Gasteiger partial charge on any atom is -0.481 e. The van der Waals surface area contributed by atoms with Gasteiger partial charge in [-0.25, -0.2) is 4.79 Å². The second-order valence-corrected chi connectivity index (χ2v) is 6.63. The number of carbonyl (C=O) groups is 3. The molecule has 2 saturated heterocycles. The number of hydrogen-bond acceptors (Lipinski definition) is 3. The summed E-state index contributed by atoms with van der Waals surface area (Å²) >= 11 is 0. The summed E-state index contributed by atoms with van der Waals surface area (Å²) in [6, 6.07) is 6.74. The predicted octanol–water partition coefficient (Wildman–Crippen LogP) is 1.54. The van der Waals surface area contributed by atoms with Crippen LogP contribution in [0.4, 0.5) is 10.5 Å². The number of carboxylic acid groups (broad SMARTS) is 1. The van der Waals surface area contributed by atoms with Crippen LogP contribution in [0.1, 0.15) is 30.1 Å². The summed E-state index contributed by atoms with van der Waals surface area (Å²) in [7, 11) is 0. The Kier molecular flexibility index (Phi) is 4.17. The van der Waals surface area contributed by atoms with Gasteiger partial charge in [-0.05, 0) is 44.0 Å². The van der Waals surface area contributed by atoms with E-state index in [1.807, 2.05) is 0 Å². The first kappa shape index (κ1) is 16.3. The number of aliphatic carboxylic acids is 1. The maximum atomic E-state index is 12.6. The van der Waals surface area contributed by atoms with Gasteiger partial charge in [0.1, 0.15) is 0 Å². The molecule has 3 rings (SSSR count). The van der Waals surface area contributed by atoms with Crippen molar-refractivity contribution in [2.24, 2.45) is 5.41 Å². The van der Waals surface area contributed by atoms with Gasteiger partial charge in [-0.15, -0.1) is 0 Å². The number of hydrogen-bond donors (Lipinski definition) is 2. The third kappa shape index (κ3) is 2.93. The zero-order valence-corrected chi connectivity index (χ0v) is 13.6. The molecular formula is C17H21N3O4. The van der Waals surface area contributed by atoms with Crippen LogP contribution in [0.15, 0.2) is 24.3 Å². The number of anilines is 1. The number of benzene rings is 1. The molecular weight excluding hydrogens is 310 g/mol. The van der Waals surface area contributed by atoms with Gasteiger partial charge in [-0.3, -0.25) is 14.5 Å². The first-order valence-corrected chi connectivity index (χ1v) is 8.09. The lowest BCUT2D eigenvalue weighted by atomic mass is 9.82. The molecule has 3 amide bonds. The smallest absolute Gasteiger partial charge is 0.321 e. The molecule has 0 aliphatic carbocycles. The molecule has 2 fully saturated rings. The van der Waals surface area contributed by atoms with E-state index in [9.17, 15) is 19.5 Å². The monoisotopic (exact) mass is 331 g/mol. The molecule has 7 heteroatoms. The summed E-state index contributed by atoms with van der Waals surface area (Å²) in [6.07, 6.45) is 1.26. The molecule has 1 aromatic rings. The Bertz CT molecular complexity index is 673. The number of urea groups is 1. The maximum absolute atomic E-state index is 12.6. The van der Waals surface area contributed by atoms with Crippen LogP contribution in [-0.4, -0.2) is 54.1 Å². The molecule has 0 radical (unpaired) electrons. The normalized spacial score (nSPS) is 24.0. The highest BCUT2D eigenvalue weighted by Gasteiger charge is 2.39. The number of nitrogens with zero attached hydrogens (tertiary/aromatic N) is 2. The van der Waals surface area contributed by atoms with Crippen LogP contribution in [-0.2, 0) is 4.79 Å². The Labute approximate surface area is 140 Å². The molecule has 7 nitrogen and oxygen atoms in total. The van der Waals surface area contributed by atoms with E-state index in [1.54, 1.807) is 41.0 Å². The number of piperidine rings is 1. The quantitative estimate of drug-likeness (QED) is 0.879. The molecule has 24 heavy (non-hydrogen) atoms. The molecule has 0 spiro atoms. The third-order valence-electron chi connectivity index (χ3n) is 4.78. The average molecular weight is 331 g/mol. The van der Waals surface area contributed by atoms with E-state index in [0.717, 1.165) is 5.69 Å². The Hall–Kier alpha value is -2.57. The van der Waals surface area contributed by atoms with E-state index < -0.39 is 11.4 Å². The fourth-order valence-corrected chi connectivity index (χ4v) is 3.27. The maximum Gasteiger partial charge on any atom is 0.321 e. The highest BCUT2D eigenvalue weighted by molar-refractivity contribution is 5.97. The van der Waals surface area contributed by atoms with Gasteiger partial charge in [-0.2, -0.15) is 0 Å². The van der Waals surface area contributed by atoms with Crippen LogP contribution in [0, 0.1) is 5.41 Å².